The Kier molecular flexibility index (Phi) is 3.67. The summed E-state index contributed by atoms with van der Waals surface area (Å²) in [6.45, 7) is 0. The third-order valence-electron chi connectivity index (χ3n) is 3.84. The minimum Gasteiger partial charge on any atom is -0.423 e. The molecule has 3 aromatic carbocycles. The molecule has 0 saturated heterocycles. The van der Waals surface area contributed by atoms with Crippen molar-refractivity contribution in [2.75, 3.05) is 0 Å². The summed E-state index contributed by atoms with van der Waals surface area (Å²) in [5.74, 6) is -0.159. The van der Waals surface area contributed by atoms with Crippen LogP contribution in [0.4, 0.5) is 11.4 Å². The maximum atomic E-state index is 12.6. The number of rotatable bonds is 4. The predicted molar refractivity (Wildman–Crippen MR) is 91.9 cm³/mol. The zero-order chi connectivity index (χ0) is 17.2. The Bertz CT molecular complexity index is 993. The van der Waals surface area contributed by atoms with Crippen LogP contribution < -0.4 is 4.74 Å². The maximum Gasteiger partial charge on any atom is 0.343 e. The molecule has 0 radical (unpaired) electrons. The van der Waals surface area contributed by atoms with Gasteiger partial charge in [0.2, 0.25) is 0 Å². The summed E-state index contributed by atoms with van der Waals surface area (Å²) in [7, 11) is 0. The molecule has 5 nitrogen and oxygen atoms in total. The first kappa shape index (κ1) is 15.0. The maximum absolute atomic E-state index is 12.6. The van der Waals surface area contributed by atoms with E-state index in [0.717, 1.165) is 5.69 Å². The van der Waals surface area contributed by atoms with Crippen molar-refractivity contribution in [3.8, 4) is 5.75 Å². The van der Waals surface area contributed by atoms with E-state index in [9.17, 15) is 9.59 Å². The fraction of sp³-hybridized carbons (Fsp3) is 0. The fourth-order valence-corrected chi connectivity index (χ4v) is 2.54. The summed E-state index contributed by atoms with van der Waals surface area (Å²) in [5.41, 5.74) is 2.65. The van der Waals surface area contributed by atoms with E-state index in [4.69, 9.17) is 4.74 Å². The van der Waals surface area contributed by atoms with Crippen LogP contribution >= 0.6 is 0 Å². The Morgan fingerprint density at radius 2 is 1.48 bits per heavy atom. The number of esters is 1. The van der Waals surface area contributed by atoms with Crippen LogP contribution in [-0.4, -0.2) is 11.8 Å². The Balaban J connectivity index is 1.53. The van der Waals surface area contributed by atoms with Gasteiger partial charge in [-0.3, -0.25) is 4.79 Å². The number of carbonyl (C=O) groups is 2. The second-order valence-electron chi connectivity index (χ2n) is 5.51. The SMILES string of the molecule is O=C(Oc1ccccc1)c1ccc(C(=O)c2ccc3cc2N=N3)cc1. The molecule has 3 aromatic rings. The lowest BCUT2D eigenvalue weighted by Crippen LogP contribution is -2.09. The number of ketones is 1. The van der Waals surface area contributed by atoms with Gasteiger partial charge in [-0.2, -0.15) is 5.11 Å². The van der Waals surface area contributed by atoms with Gasteiger partial charge in [-0.1, -0.05) is 30.3 Å². The molecule has 2 bridgehead atoms. The van der Waals surface area contributed by atoms with Crippen LogP contribution in [0, 0.1) is 0 Å². The van der Waals surface area contributed by atoms with Gasteiger partial charge in [0.05, 0.1) is 22.5 Å². The van der Waals surface area contributed by atoms with Gasteiger partial charge >= 0.3 is 5.97 Å². The zero-order valence-corrected chi connectivity index (χ0v) is 13.0. The Morgan fingerprint density at radius 1 is 0.760 bits per heavy atom. The minimum atomic E-state index is -0.470. The highest BCUT2D eigenvalue weighted by Crippen LogP contribution is 2.34. The van der Waals surface area contributed by atoms with Gasteiger partial charge in [-0.05, 0) is 42.5 Å². The van der Waals surface area contributed by atoms with Crippen molar-refractivity contribution in [2.24, 2.45) is 10.2 Å². The second-order valence-corrected chi connectivity index (χ2v) is 5.51. The van der Waals surface area contributed by atoms with Crippen molar-refractivity contribution in [3.63, 3.8) is 0 Å². The van der Waals surface area contributed by atoms with Crippen LogP contribution in [0.3, 0.4) is 0 Å². The van der Waals surface area contributed by atoms with Crippen LogP contribution in [0.2, 0.25) is 0 Å². The predicted octanol–water partition coefficient (Wildman–Crippen LogP) is 4.87. The molecule has 25 heavy (non-hydrogen) atoms. The van der Waals surface area contributed by atoms with Crippen LogP contribution in [0.5, 0.6) is 5.75 Å². The molecule has 0 atom stereocenters. The molecule has 0 amide bonds. The topological polar surface area (TPSA) is 68.1 Å². The largest absolute Gasteiger partial charge is 0.423 e. The Hall–Kier alpha value is -3.60. The number of ether oxygens (including phenoxy) is 1. The summed E-state index contributed by atoms with van der Waals surface area (Å²) in [5, 5.41) is 7.90. The summed E-state index contributed by atoms with van der Waals surface area (Å²) >= 11 is 0. The lowest BCUT2D eigenvalue weighted by molar-refractivity contribution is 0.0734. The highest BCUT2D eigenvalue weighted by Gasteiger charge is 2.18. The number of fused-ring (bicyclic) bond motifs is 2. The van der Waals surface area contributed by atoms with Crippen LogP contribution in [0.25, 0.3) is 0 Å². The third-order valence-corrected chi connectivity index (χ3v) is 3.84. The molecule has 0 unspecified atom stereocenters. The highest BCUT2D eigenvalue weighted by atomic mass is 16.5. The average molecular weight is 328 g/mol. The van der Waals surface area contributed by atoms with Crippen molar-refractivity contribution >= 4 is 23.1 Å². The summed E-state index contributed by atoms with van der Waals surface area (Å²) in [6, 6.07) is 20.4. The van der Waals surface area contributed by atoms with E-state index in [1.54, 1.807) is 66.7 Å². The van der Waals surface area contributed by atoms with Gasteiger partial charge in [0.15, 0.2) is 5.78 Å². The molecule has 0 spiro atoms. The molecule has 5 heteroatoms. The molecule has 0 N–H and O–H groups in total. The van der Waals surface area contributed by atoms with Crippen molar-refractivity contribution < 1.29 is 14.3 Å². The smallest absolute Gasteiger partial charge is 0.343 e. The van der Waals surface area contributed by atoms with Crippen LogP contribution in [-0.2, 0) is 0 Å². The van der Waals surface area contributed by atoms with Gasteiger partial charge in [-0.25, -0.2) is 4.79 Å². The number of benzene rings is 3. The van der Waals surface area contributed by atoms with Crippen LogP contribution in [0.15, 0.2) is 83.0 Å². The van der Waals surface area contributed by atoms with Gasteiger partial charge in [-0.15, -0.1) is 5.11 Å². The first-order chi connectivity index (χ1) is 12.2. The standard InChI is InChI=1S/C20H12N2O3/c23-19(17-11-10-15-12-18(17)22-21-15)13-6-8-14(9-7-13)20(24)25-16-4-2-1-3-5-16/h1-12H. The zero-order valence-electron chi connectivity index (χ0n) is 13.0. The fourth-order valence-electron chi connectivity index (χ4n) is 2.54. The van der Waals surface area contributed by atoms with E-state index in [1.165, 1.54) is 0 Å². The van der Waals surface area contributed by atoms with Crippen molar-refractivity contribution in [3.05, 3.63) is 89.5 Å². The number of hydrogen-bond donors (Lipinski definition) is 0. The van der Waals surface area contributed by atoms with E-state index in [0.29, 0.717) is 28.1 Å². The molecule has 120 valence electrons. The highest BCUT2D eigenvalue weighted by molar-refractivity contribution is 6.12. The average Bonchev–Trinajstić information content (AvgIpc) is 3.03. The van der Waals surface area contributed by atoms with Gasteiger partial charge in [0.25, 0.3) is 0 Å². The lowest BCUT2D eigenvalue weighted by atomic mass is 10.0. The molecular weight excluding hydrogens is 316 g/mol. The summed E-state index contributed by atoms with van der Waals surface area (Å²) in [6.07, 6.45) is 0. The number of carbonyl (C=O) groups excluding carboxylic acids is 2. The third kappa shape index (κ3) is 2.95. The van der Waals surface area contributed by atoms with Crippen molar-refractivity contribution in [2.45, 2.75) is 0 Å². The number of hydrogen-bond acceptors (Lipinski definition) is 5. The van der Waals surface area contributed by atoms with Gasteiger partial charge in [0, 0.05) is 5.56 Å². The molecule has 1 heterocycles. The van der Waals surface area contributed by atoms with Crippen molar-refractivity contribution in [1.82, 2.24) is 0 Å². The molecule has 0 saturated carbocycles. The normalized spacial score (nSPS) is 11.4. The molecule has 1 aliphatic rings. The Labute approximate surface area is 143 Å². The van der Waals surface area contributed by atoms with Gasteiger partial charge < -0.3 is 4.74 Å². The molecule has 1 aliphatic heterocycles. The number of nitrogens with zero attached hydrogens (tertiary/aromatic N) is 2. The summed E-state index contributed by atoms with van der Waals surface area (Å²) in [4.78, 5) is 24.7. The summed E-state index contributed by atoms with van der Waals surface area (Å²) < 4.78 is 5.28. The molecular formula is C20H12N2O3. The van der Waals surface area contributed by atoms with Gasteiger partial charge in [0.1, 0.15) is 5.75 Å². The van der Waals surface area contributed by atoms with Crippen molar-refractivity contribution in [1.29, 1.82) is 0 Å². The number of para-hydroxylation sites is 1. The first-order valence-electron chi connectivity index (χ1n) is 7.68. The second kappa shape index (κ2) is 6.13. The van der Waals surface area contributed by atoms with Crippen LogP contribution in [0.1, 0.15) is 26.3 Å². The van der Waals surface area contributed by atoms with E-state index in [1.807, 2.05) is 6.07 Å². The lowest BCUT2D eigenvalue weighted by Gasteiger charge is -2.06. The first-order valence-corrected chi connectivity index (χ1v) is 7.68. The quantitative estimate of drug-likeness (QED) is 0.305. The molecule has 0 fully saturated rings. The number of azo groups is 1. The van der Waals surface area contributed by atoms with E-state index in [-0.39, 0.29) is 5.78 Å². The van der Waals surface area contributed by atoms with E-state index in [2.05, 4.69) is 10.2 Å². The van der Waals surface area contributed by atoms with E-state index < -0.39 is 5.97 Å². The molecule has 0 aromatic heterocycles. The minimum absolute atomic E-state index is 0.162. The monoisotopic (exact) mass is 328 g/mol. The van der Waals surface area contributed by atoms with E-state index >= 15 is 0 Å². The molecule has 4 rings (SSSR count). The Morgan fingerprint density at radius 3 is 2.24 bits per heavy atom. The molecule has 0 aliphatic carbocycles.